The highest BCUT2D eigenvalue weighted by atomic mass is 16.5. The van der Waals surface area contributed by atoms with Crippen LogP contribution in [0.4, 0.5) is 0 Å². The number of rotatable bonds is 5. The van der Waals surface area contributed by atoms with Crippen LogP contribution in [0, 0.1) is 6.92 Å². The summed E-state index contributed by atoms with van der Waals surface area (Å²) in [6, 6.07) is 0.461. The quantitative estimate of drug-likeness (QED) is 0.480. The molecule has 10 nitrogen and oxygen atoms in total. The van der Waals surface area contributed by atoms with Gasteiger partial charge in [-0.15, -0.1) is 0 Å². The highest BCUT2D eigenvalue weighted by Gasteiger charge is 2.54. The van der Waals surface area contributed by atoms with E-state index in [1.54, 1.807) is 21.0 Å². The Kier molecular flexibility index (Phi) is 6.61. The Labute approximate surface area is 222 Å². The van der Waals surface area contributed by atoms with E-state index in [-0.39, 0.29) is 59.2 Å². The van der Waals surface area contributed by atoms with Crippen LogP contribution >= 0.6 is 0 Å². The highest BCUT2D eigenvalue weighted by Crippen LogP contribution is 2.52. The van der Waals surface area contributed by atoms with Crippen LogP contribution in [0.15, 0.2) is 28.5 Å². The molecule has 0 aromatic heterocycles. The van der Waals surface area contributed by atoms with Gasteiger partial charge < -0.3 is 25.6 Å². The summed E-state index contributed by atoms with van der Waals surface area (Å²) in [5, 5.41) is 14.3. The number of phenolic OH excluding ortho intramolecular Hbond substituents is 1. The summed E-state index contributed by atoms with van der Waals surface area (Å²) >= 11 is 0. The first-order chi connectivity index (χ1) is 18.0. The van der Waals surface area contributed by atoms with Crippen LogP contribution in [-0.2, 0) is 25.5 Å². The number of allylic oxidation sites excluding steroid dienone is 2. The van der Waals surface area contributed by atoms with E-state index in [0.29, 0.717) is 36.3 Å². The average Bonchev–Trinajstić information content (AvgIpc) is 2.86. The molecule has 0 spiro atoms. The molecule has 38 heavy (non-hydrogen) atoms. The molecule has 1 saturated heterocycles. The number of nitrogens with zero attached hydrogens (tertiary/aromatic N) is 2. The Bertz CT molecular complexity index is 1300. The summed E-state index contributed by atoms with van der Waals surface area (Å²) < 4.78 is 10.9. The summed E-state index contributed by atoms with van der Waals surface area (Å²) in [5.74, 6) is -0.260. The molecule has 0 saturated carbocycles. The maximum absolute atomic E-state index is 13.7. The zero-order chi connectivity index (χ0) is 27.6. The van der Waals surface area contributed by atoms with Crippen molar-refractivity contribution in [1.29, 1.82) is 0 Å². The molecule has 5 rings (SSSR count). The summed E-state index contributed by atoms with van der Waals surface area (Å²) in [6.07, 6.45) is 1.05. The maximum Gasteiger partial charge on any atom is 0.236 e. The minimum absolute atomic E-state index is 0.0493. The summed E-state index contributed by atoms with van der Waals surface area (Å²) in [6.45, 7) is 5.89. The predicted molar refractivity (Wildman–Crippen MR) is 140 cm³/mol. The molecule has 10 heteroatoms. The van der Waals surface area contributed by atoms with Gasteiger partial charge in [0.05, 0.1) is 32.3 Å². The molecule has 4 N–H and O–H groups in total. The number of nitrogens with one attached hydrogen (secondary N) is 1. The van der Waals surface area contributed by atoms with Crippen LogP contribution in [0.2, 0.25) is 0 Å². The highest BCUT2D eigenvalue weighted by molar-refractivity contribution is 6.25. The normalized spacial score (nSPS) is 28.0. The molecule has 0 unspecified atom stereocenters. The molecule has 0 radical (unpaired) electrons. The van der Waals surface area contributed by atoms with E-state index < -0.39 is 12.1 Å². The number of carbonyl (C=O) groups excluding carboxylic acids is 3. The first kappa shape index (κ1) is 26.4. The van der Waals surface area contributed by atoms with E-state index in [0.717, 1.165) is 16.7 Å². The van der Waals surface area contributed by atoms with Crippen LogP contribution in [0.5, 0.6) is 11.5 Å². The average molecular weight is 525 g/mol. The van der Waals surface area contributed by atoms with Gasteiger partial charge in [-0.3, -0.25) is 24.2 Å². The molecule has 1 amide bonds. The van der Waals surface area contributed by atoms with Gasteiger partial charge in [0, 0.05) is 47.5 Å². The van der Waals surface area contributed by atoms with Crippen LogP contribution in [-0.4, -0.2) is 90.9 Å². The second-order valence-electron chi connectivity index (χ2n) is 10.8. The van der Waals surface area contributed by atoms with Crippen molar-refractivity contribution in [1.82, 2.24) is 15.1 Å². The number of fused-ring (bicyclic) bond motifs is 6. The van der Waals surface area contributed by atoms with Crippen LogP contribution in [0.1, 0.15) is 43.0 Å². The van der Waals surface area contributed by atoms with Crippen molar-refractivity contribution in [2.45, 2.75) is 63.8 Å². The molecule has 1 fully saturated rings. The molecule has 1 aromatic rings. The standard InChI is InChI=1S/C28H36N4O6/c1-12-7-15-8-16-11-32-18(22(31(16)4)20(15)24(34)26(12)37-5)9-17-21(19(32)10-30-28(36)14(3)29)25(35)27(38-6)13(2)23(17)33/h7,14,16,18-19,22,34H,8-11,29H2,1-6H3,(H,30,36)/t14-,16-,18-,19-,22-/m0/s1. The molecular weight excluding hydrogens is 488 g/mol. The number of carbonyl (C=O) groups is 3. The predicted octanol–water partition coefficient (Wildman–Crippen LogP) is 0.896. The van der Waals surface area contributed by atoms with Crippen molar-refractivity contribution in [2.24, 2.45) is 5.73 Å². The Morgan fingerprint density at radius 3 is 2.55 bits per heavy atom. The fraction of sp³-hybridized carbons (Fsp3) is 0.536. The zero-order valence-electron chi connectivity index (χ0n) is 22.8. The van der Waals surface area contributed by atoms with Crippen LogP contribution in [0.25, 0.3) is 0 Å². The van der Waals surface area contributed by atoms with E-state index in [9.17, 15) is 19.5 Å². The third kappa shape index (κ3) is 3.77. The van der Waals surface area contributed by atoms with Crippen LogP contribution < -0.4 is 15.8 Å². The van der Waals surface area contributed by atoms with Gasteiger partial charge in [0.25, 0.3) is 0 Å². The van der Waals surface area contributed by atoms with Crippen molar-refractivity contribution in [2.75, 3.05) is 34.4 Å². The first-order valence-corrected chi connectivity index (χ1v) is 13.0. The van der Waals surface area contributed by atoms with Gasteiger partial charge in [0.1, 0.15) is 0 Å². The second kappa shape index (κ2) is 9.52. The number of ether oxygens (including phenoxy) is 2. The van der Waals surface area contributed by atoms with Gasteiger partial charge >= 0.3 is 0 Å². The lowest BCUT2D eigenvalue weighted by atomic mass is 9.71. The lowest BCUT2D eigenvalue weighted by Gasteiger charge is -2.58. The number of likely N-dealkylation sites (N-methyl/N-ethyl adjacent to an activating group) is 1. The topological polar surface area (TPSA) is 134 Å². The number of benzene rings is 1. The third-order valence-electron chi connectivity index (χ3n) is 8.71. The molecule has 204 valence electrons. The monoisotopic (exact) mass is 524 g/mol. The molecule has 2 bridgehead atoms. The number of methoxy groups -OCH3 is 2. The Morgan fingerprint density at radius 1 is 1.21 bits per heavy atom. The van der Waals surface area contributed by atoms with E-state index >= 15 is 0 Å². The number of amides is 1. The van der Waals surface area contributed by atoms with E-state index in [4.69, 9.17) is 15.2 Å². The SMILES string of the molecule is COC1=C(C)C(=O)C2=C(C1=O)[C@H](CNC(=O)[C@H](C)N)N1C[C@@H]3Cc4cc(C)c(OC)c(O)c4[C@H]([C@@H]1C2)N3C. The molecule has 3 heterocycles. The van der Waals surface area contributed by atoms with Crippen molar-refractivity contribution < 1.29 is 29.0 Å². The molecule has 3 aliphatic heterocycles. The van der Waals surface area contributed by atoms with Crippen molar-refractivity contribution in [3.8, 4) is 11.5 Å². The third-order valence-corrected chi connectivity index (χ3v) is 8.71. The smallest absolute Gasteiger partial charge is 0.236 e. The van der Waals surface area contributed by atoms with Gasteiger partial charge in [-0.2, -0.15) is 0 Å². The second-order valence-corrected chi connectivity index (χ2v) is 10.8. The summed E-state index contributed by atoms with van der Waals surface area (Å²) in [5.41, 5.74) is 9.65. The van der Waals surface area contributed by atoms with E-state index in [2.05, 4.69) is 21.2 Å². The van der Waals surface area contributed by atoms with Gasteiger partial charge in [-0.25, -0.2) is 0 Å². The number of aromatic hydroxyl groups is 1. The number of hydrogen-bond acceptors (Lipinski definition) is 9. The minimum atomic E-state index is -0.713. The lowest BCUT2D eigenvalue weighted by molar-refractivity contribution is -0.124. The zero-order valence-corrected chi connectivity index (χ0v) is 22.8. The summed E-state index contributed by atoms with van der Waals surface area (Å²) in [4.78, 5) is 44.2. The number of nitrogens with two attached hydrogens (primary N) is 1. The van der Waals surface area contributed by atoms with Crippen molar-refractivity contribution in [3.63, 3.8) is 0 Å². The molecule has 1 aromatic carbocycles. The first-order valence-electron chi connectivity index (χ1n) is 13.0. The molecule has 5 atom stereocenters. The molecule has 1 aliphatic carbocycles. The number of Topliss-reactive ketones (excluding diaryl/α,β-unsaturated/α-hetero) is 2. The lowest BCUT2D eigenvalue weighted by Crippen LogP contribution is -2.67. The molecule has 4 aliphatic rings. The largest absolute Gasteiger partial charge is 0.504 e. The van der Waals surface area contributed by atoms with Gasteiger partial charge in [-0.05, 0) is 51.8 Å². The van der Waals surface area contributed by atoms with Crippen molar-refractivity contribution >= 4 is 17.5 Å². The minimum Gasteiger partial charge on any atom is -0.504 e. The molecular formula is C28H36N4O6. The fourth-order valence-corrected chi connectivity index (χ4v) is 6.89. The number of aryl methyl sites for hydroxylation is 1. The van der Waals surface area contributed by atoms with Gasteiger partial charge in [0.15, 0.2) is 23.0 Å². The van der Waals surface area contributed by atoms with Gasteiger partial charge in [-0.1, -0.05) is 6.07 Å². The van der Waals surface area contributed by atoms with E-state index in [1.807, 2.05) is 14.0 Å². The maximum atomic E-state index is 13.7. The summed E-state index contributed by atoms with van der Waals surface area (Å²) in [7, 11) is 4.98. The fourth-order valence-electron chi connectivity index (χ4n) is 6.89. The number of phenols is 1. The Hall–Kier alpha value is -3.21. The van der Waals surface area contributed by atoms with Gasteiger partial charge in [0.2, 0.25) is 11.7 Å². The Morgan fingerprint density at radius 2 is 1.92 bits per heavy atom. The number of ketones is 2. The van der Waals surface area contributed by atoms with Crippen LogP contribution in [0.3, 0.4) is 0 Å². The number of piperazine rings is 1. The van der Waals surface area contributed by atoms with E-state index in [1.165, 1.54) is 7.11 Å². The number of hydrogen-bond donors (Lipinski definition) is 3. The van der Waals surface area contributed by atoms with Crippen molar-refractivity contribution in [3.05, 3.63) is 45.2 Å². The Balaban J connectivity index is 1.65.